The Bertz CT molecular complexity index is 479. The summed E-state index contributed by atoms with van der Waals surface area (Å²) in [5.74, 6) is 0.679. The van der Waals surface area contributed by atoms with Crippen molar-refractivity contribution in [3.8, 4) is 0 Å². The highest BCUT2D eigenvalue weighted by molar-refractivity contribution is 6.42. The summed E-state index contributed by atoms with van der Waals surface area (Å²) in [5, 5.41) is 1.29. The molecule has 1 unspecified atom stereocenters. The summed E-state index contributed by atoms with van der Waals surface area (Å²) >= 11 is 12.3. The van der Waals surface area contributed by atoms with E-state index < -0.39 is 0 Å². The second-order valence-electron chi connectivity index (χ2n) is 6.56. The van der Waals surface area contributed by atoms with Crippen molar-refractivity contribution in [2.24, 2.45) is 11.7 Å². The van der Waals surface area contributed by atoms with Crippen molar-refractivity contribution < 1.29 is 0 Å². The molecule has 0 bridgehead atoms. The van der Waals surface area contributed by atoms with Crippen LogP contribution in [-0.2, 0) is 5.41 Å². The van der Waals surface area contributed by atoms with E-state index in [0.717, 1.165) is 0 Å². The zero-order valence-electron chi connectivity index (χ0n) is 12.3. The average molecular weight is 349 g/mol. The molecule has 1 nitrogen and oxygen atoms in total. The lowest BCUT2D eigenvalue weighted by atomic mass is 9.56. The third-order valence-corrected chi connectivity index (χ3v) is 6.28. The smallest absolute Gasteiger partial charge is 0.0595 e. The molecular weight excluding hydrogens is 325 g/mol. The quantitative estimate of drug-likeness (QED) is 0.740. The van der Waals surface area contributed by atoms with E-state index in [1.54, 1.807) is 0 Å². The van der Waals surface area contributed by atoms with Crippen molar-refractivity contribution in [2.45, 2.75) is 62.8 Å². The van der Waals surface area contributed by atoms with Crippen molar-refractivity contribution in [2.75, 3.05) is 0 Å². The van der Waals surface area contributed by atoms with Gasteiger partial charge in [0.15, 0.2) is 0 Å². The fraction of sp³-hybridized carbons (Fsp3) is 0.647. The topological polar surface area (TPSA) is 26.0 Å². The lowest BCUT2D eigenvalue weighted by Crippen LogP contribution is -2.54. The third-order valence-electron chi connectivity index (χ3n) is 5.54. The highest BCUT2D eigenvalue weighted by Gasteiger charge is 2.46. The molecule has 2 fully saturated rings. The Kier molecular flexibility index (Phi) is 5.87. The van der Waals surface area contributed by atoms with Crippen LogP contribution in [0, 0.1) is 5.92 Å². The molecule has 21 heavy (non-hydrogen) atoms. The Morgan fingerprint density at radius 3 is 2.19 bits per heavy atom. The van der Waals surface area contributed by atoms with Crippen LogP contribution < -0.4 is 5.73 Å². The van der Waals surface area contributed by atoms with Crippen molar-refractivity contribution in [3.05, 3.63) is 33.8 Å². The molecule has 0 spiro atoms. The summed E-state index contributed by atoms with van der Waals surface area (Å²) in [5.41, 5.74) is 8.18. The van der Waals surface area contributed by atoms with E-state index in [-0.39, 0.29) is 23.9 Å². The van der Waals surface area contributed by atoms with Gasteiger partial charge in [0.1, 0.15) is 0 Å². The second kappa shape index (κ2) is 7.08. The molecule has 0 amide bonds. The van der Waals surface area contributed by atoms with E-state index in [1.807, 2.05) is 12.1 Å². The summed E-state index contributed by atoms with van der Waals surface area (Å²) < 4.78 is 0. The maximum Gasteiger partial charge on any atom is 0.0595 e. The van der Waals surface area contributed by atoms with Crippen molar-refractivity contribution in [3.63, 3.8) is 0 Å². The van der Waals surface area contributed by atoms with Gasteiger partial charge in [-0.1, -0.05) is 55.0 Å². The van der Waals surface area contributed by atoms with Crippen molar-refractivity contribution >= 4 is 35.6 Å². The van der Waals surface area contributed by atoms with Gasteiger partial charge < -0.3 is 5.73 Å². The molecule has 4 heteroatoms. The van der Waals surface area contributed by atoms with Gasteiger partial charge >= 0.3 is 0 Å². The number of benzene rings is 1. The molecule has 118 valence electrons. The molecular formula is C17H24Cl3N. The Balaban J connectivity index is 0.00000161. The highest BCUT2D eigenvalue weighted by atomic mass is 35.5. The predicted molar refractivity (Wildman–Crippen MR) is 93.8 cm³/mol. The molecule has 0 heterocycles. The van der Waals surface area contributed by atoms with E-state index in [4.69, 9.17) is 28.9 Å². The van der Waals surface area contributed by atoms with Crippen molar-refractivity contribution in [1.29, 1.82) is 0 Å². The molecule has 1 atom stereocenters. The molecule has 0 aromatic heterocycles. The van der Waals surface area contributed by atoms with Crippen LogP contribution in [0.3, 0.4) is 0 Å². The van der Waals surface area contributed by atoms with Crippen LogP contribution in [0.5, 0.6) is 0 Å². The van der Waals surface area contributed by atoms with E-state index in [9.17, 15) is 0 Å². The maximum atomic E-state index is 6.73. The van der Waals surface area contributed by atoms with Gasteiger partial charge in [-0.25, -0.2) is 0 Å². The predicted octanol–water partition coefficient (Wildman–Crippen LogP) is 5.74. The van der Waals surface area contributed by atoms with E-state index in [1.165, 1.54) is 56.9 Å². The van der Waals surface area contributed by atoms with Crippen LogP contribution in [0.1, 0.15) is 56.9 Å². The largest absolute Gasteiger partial charge is 0.327 e. The third kappa shape index (κ3) is 3.22. The average Bonchev–Trinajstić information content (AvgIpc) is 2.42. The van der Waals surface area contributed by atoms with Gasteiger partial charge in [0.25, 0.3) is 0 Å². The monoisotopic (exact) mass is 347 g/mol. The molecule has 3 rings (SSSR count). The van der Waals surface area contributed by atoms with E-state index in [0.29, 0.717) is 16.0 Å². The Hall–Kier alpha value is 0.0500. The van der Waals surface area contributed by atoms with Crippen LogP contribution in [0.2, 0.25) is 10.0 Å². The highest BCUT2D eigenvalue weighted by Crippen LogP contribution is 2.50. The molecule has 1 aromatic rings. The minimum absolute atomic E-state index is 0. The zero-order chi connectivity index (χ0) is 14.2. The fourth-order valence-electron chi connectivity index (χ4n) is 4.12. The molecule has 0 aliphatic heterocycles. The molecule has 1 aromatic carbocycles. The molecule has 2 saturated carbocycles. The number of halogens is 3. The molecule has 2 aliphatic rings. The van der Waals surface area contributed by atoms with Gasteiger partial charge in [0, 0.05) is 11.5 Å². The summed E-state index contributed by atoms with van der Waals surface area (Å²) in [4.78, 5) is 0. The van der Waals surface area contributed by atoms with Gasteiger partial charge in [-0.05, 0) is 49.3 Å². The summed E-state index contributed by atoms with van der Waals surface area (Å²) in [6.45, 7) is 0. The lowest BCUT2D eigenvalue weighted by Gasteiger charge is -2.50. The van der Waals surface area contributed by atoms with Gasteiger partial charge in [-0.2, -0.15) is 0 Å². The first-order chi connectivity index (χ1) is 9.63. The van der Waals surface area contributed by atoms with Gasteiger partial charge in [-0.15, -0.1) is 12.4 Å². The lowest BCUT2D eigenvalue weighted by molar-refractivity contribution is 0.132. The Morgan fingerprint density at radius 1 is 1.00 bits per heavy atom. The number of nitrogens with two attached hydrogens (primary N) is 1. The van der Waals surface area contributed by atoms with Gasteiger partial charge in [0.05, 0.1) is 10.0 Å². The normalized spacial score (nSPS) is 23.0. The van der Waals surface area contributed by atoms with Gasteiger partial charge in [0.2, 0.25) is 0 Å². The SMILES string of the molecule is Cl.NC(C1CCCCC1)C1(c2ccc(Cl)c(Cl)c2)CCC1. The molecule has 2 aliphatic carbocycles. The van der Waals surface area contributed by atoms with Crippen molar-refractivity contribution in [1.82, 2.24) is 0 Å². The first-order valence-corrected chi connectivity index (χ1v) is 8.60. The second-order valence-corrected chi connectivity index (χ2v) is 7.38. The van der Waals surface area contributed by atoms with E-state index in [2.05, 4.69) is 6.07 Å². The van der Waals surface area contributed by atoms with Crippen LogP contribution in [0.15, 0.2) is 18.2 Å². The minimum atomic E-state index is 0. The number of hydrogen-bond donors (Lipinski definition) is 1. The number of rotatable bonds is 3. The van der Waals surface area contributed by atoms with Crippen LogP contribution in [0.25, 0.3) is 0 Å². The maximum absolute atomic E-state index is 6.73. The van der Waals surface area contributed by atoms with Gasteiger partial charge in [-0.3, -0.25) is 0 Å². The first kappa shape index (κ1) is 17.4. The molecule has 0 radical (unpaired) electrons. The fourth-order valence-corrected chi connectivity index (χ4v) is 4.42. The number of hydrogen-bond acceptors (Lipinski definition) is 1. The zero-order valence-corrected chi connectivity index (χ0v) is 14.6. The first-order valence-electron chi connectivity index (χ1n) is 7.84. The summed E-state index contributed by atoms with van der Waals surface area (Å²) in [6, 6.07) is 6.38. The van der Waals surface area contributed by atoms with Crippen LogP contribution >= 0.6 is 35.6 Å². The molecule has 2 N–H and O–H groups in total. The van der Waals surface area contributed by atoms with Crippen LogP contribution in [0.4, 0.5) is 0 Å². The Morgan fingerprint density at radius 2 is 1.67 bits per heavy atom. The van der Waals surface area contributed by atoms with Crippen LogP contribution in [-0.4, -0.2) is 6.04 Å². The standard InChI is InChI=1S/C17H23Cl2N.ClH/c18-14-8-7-13(11-15(14)19)17(9-4-10-17)16(20)12-5-2-1-3-6-12;/h7-8,11-12,16H,1-6,9-10,20H2;1H. The summed E-state index contributed by atoms with van der Waals surface area (Å²) in [7, 11) is 0. The van der Waals surface area contributed by atoms with E-state index >= 15 is 0 Å². The minimum Gasteiger partial charge on any atom is -0.327 e. The Labute approximate surface area is 144 Å². The summed E-state index contributed by atoms with van der Waals surface area (Å²) in [6.07, 6.45) is 10.3. The molecule has 0 saturated heterocycles.